The van der Waals surface area contributed by atoms with E-state index in [4.69, 9.17) is 9.73 Å². The van der Waals surface area contributed by atoms with Gasteiger partial charge in [0, 0.05) is 30.5 Å². The Labute approximate surface area is 177 Å². The number of benzene rings is 1. The zero-order valence-corrected chi connectivity index (χ0v) is 18.5. The zero-order chi connectivity index (χ0) is 17.5. The number of thiophene rings is 1. The second-order valence-electron chi connectivity index (χ2n) is 6.35. The Morgan fingerprint density at radius 2 is 2.08 bits per heavy atom. The molecule has 1 saturated heterocycles. The van der Waals surface area contributed by atoms with Crippen molar-refractivity contribution in [3.05, 3.63) is 58.3 Å². The number of rotatable bonds is 6. The first-order chi connectivity index (χ1) is 12.3. The normalized spacial score (nSPS) is 21.1. The Bertz CT molecular complexity index is 663. The number of hydrogen-bond donors (Lipinski definition) is 2. The van der Waals surface area contributed by atoms with Crippen LogP contribution in [0.15, 0.2) is 52.8 Å². The second-order valence-corrected chi connectivity index (χ2v) is 7.33. The number of guanidine groups is 1. The number of aliphatic imine (C=N–C) groups is 1. The van der Waals surface area contributed by atoms with Crippen LogP contribution in [0, 0.1) is 5.92 Å². The predicted molar refractivity (Wildman–Crippen MR) is 121 cm³/mol. The number of ether oxygens (including phenoxy) is 1. The fourth-order valence-electron chi connectivity index (χ4n) is 3.17. The molecule has 0 spiro atoms. The summed E-state index contributed by atoms with van der Waals surface area (Å²) in [6.07, 6.45) is 1.21. The molecule has 3 rings (SSSR count). The van der Waals surface area contributed by atoms with Crippen molar-refractivity contribution >= 4 is 41.3 Å². The van der Waals surface area contributed by atoms with Crippen molar-refractivity contribution in [2.45, 2.75) is 32.4 Å². The minimum absolute atomic E-state index is 0. The van der Waals surface area contributed by atoms with Crippen molar-refractivity contribution in [3.63, 3.8) is 0 Å². The van der Waals surface area contributed by atoms with Gasteiger partial charge in [-0.3, -0.25) is 4.99 Å². The van der Waals surface area contributed by atoms with Gasteiger partial charge in [0.1, 0.15) is 0 Å². The summed E-state index contributed by atoms with van der Waals surface area (Å²) in [6.45, 7) is 6.70. The van der Waals surface area contributed by atoms with Crippen molar-refractivity contribution in [3.8, 4) is 0 Å². The fraction of sp³-hybridized carbons (Fsp3) is 0.450. The third-order valence-corrected chi connectivity index (χ3v) is 5.55. The molecule has 1 aromatic carbocycles. The minimum Gasteiger partial charge on any atom is -0.373 e. The van der Waals surface area contributed by atoms with Crippen LogP contribution in [0.25, 0.3) is 0 Å². The molecule has 0 bridgehead atoms. The first-order valence-electron chi connectivity index (χ1n) is 9.02. The molecule has 3 atom stereocenters. The van der Waals surface area contributed by atoms with Crippen LogP contribution in [0.4, 0.5) is 0 Å². The molecular formula is C20H28IN3OS. The number of nitrogens with one attached hydrogen (secondary N) is 2. The maximum absolute atomic E-state index is 5.98. The summed E-state index contributed by atoms with van der Waals surface area (Å²) in [5.74, 6) is 1.30. The SMILES string of the molecule is CCNC(=NCC1CCOC1c1ccccc1)NC(C)c1cccs1.I. The summed E-state index contributed by atoms with van der Waals surface area (Å²) in [6, 6.07) is 15.0. The average Bonchev–Trinajstić information content (AvgIpc) is 3.32. The van der Waals surface area contributed by atoms with Gasteiger partial charge in [-0.1, -0.05) is 36.4 Å². The van der Waals surface area contributed by atoms with Gasteiger partial charge in [-0.2, -0.15) is 0 Å². The van der Waals surface area contributed by atoms with Gasteiger partial charge in [0.15, 0.2) is 5.96 Å². The van der Waals surface area contributed by atoms with Gasteiger partial charge >= 0.3 is 0 Å². The Balaban J connectivity index is 0.00000243. The van der Waals surface area contributed by atoms with E-state index in [0.29, 0.717) is 5.92 Å². The monoisotopic (exact) mass is 485 g/mol. The molecule has 0 aliphatic carbocycles. The molecular weight excluding hydrogens is 457 g/mol. The molecule has 142 valence electrons. The first kappa shape index (κ1) is 21.2. The van der Waals surface area contributed by atoms with Crippen LogP contribution in [-0.4, -0.2) is 25.7 Å². The van der Waals surface area contributed by atoms with Gasteiger partial charge in [0.2, 0.25) is 0 Å². The topological polar surface area (TPSA) is 45.7 Å². The summed E-state index contributed by atoms with van der Waals surface area (Å²) >= 11 is 1.77. The summed E-state index contributed by atoms with van der Waals surface area (Å²) in [7, 11) is 0. The lowest BCUT2D eigenvalue weighted by Gasteiger charge is -2.20. The maximum atomic E-state index is 5.98. The van der Waals surface area contributed by atoms with Crippen LogP contribution < -0.4 is 10.6 Å². The van der Waals surface area contributed by atoms with Crippen LogP contribution >= 0.6 is 35.3 Å². The van der Waals surface area contributed by atoms with Gasteiger partial charge in [0.05, 0.1) is 12.1 Å². The molecule has 3 unspecified atom stereocenters. The molecule has 2 heterocycles. The van der Waals surface area contributed by atoms with Crippen molar-refractivity contribution < 1.29 is 4.74 Å². The Hall–Kier alpha value is -1.12. The minimum atomic E-state index is 0. The highest BCUT2D eigenvalue weighted by Gasteiger charge is 2.29. The van der Waals surface area contributed by atoms with Crippen LogP contribution in [0.2, 0.25) is 0 Å². The van der Waals surface area contributed by atoms with Crippen molar-refractivity contribution in [1.82, 2.24) is 10.6 Å². The van der Waals surface area contributed by atoms with Crippen molar-refractivity contribution in [1.29, 1.82) is 0 Å². The van der Waals surface area contributed by atoms with Crippen molar-refractivity contribution in [2.75, 3.05) is 19.7 Å². The van der Waals surface area contributed by atoms with Crippen LogP contribution in [-0.2, 0) is 4.74 Å². The summed E-state index contributed by atoms with van der Waals surface area (Å²) in [4.78, 5) is 6.16. The standard InChI is InChI=1S/C20H27N3OS.HI/c1-3-21-20(23-15(2)18-10-7-13-25-18)22-14-17-11-12-24-19(17)16-8-5-4-6-9-16;/h4-10,13,15,17,19H,3,11-12,14H2,1-2H3,(H2,21,22,23);1H. The molecule has 2 N–H and O–H groups in total. The van der Waals surface area contributed by atoms with Crippen LogP contribution in [0.5, 0.6) is 0 Å². The molecule has 4 nitrogen and oxygen atoms in total. The molecule has 1 aromatic heterocycles. The van der Waals surface area contributed by atoms with Crippen molar-refractivity contribution in [2.24, 2.45) is 10.9 Å². The van der Waals surface area contributed by atoms with E-state index in [2.05, 4.69) is 66.3 Å². The highest BCUT2D eigenvalue weighted by molar-refractivity contribution is 14.0. The molecule has 6 heteroatoms. The number of halogens is 1. The van der Waals surface area contributed by atoms with E-state index in [1.165, 1.54) is 10.4 Å². The predicted octanol–water partition coefficient (Wildman–Crippen LogP) is 4.76. The van der Waals surface area contributed by atoms with Crippen LogP contribution in [0.3, 0.4) is 0 Å². The van der Waals surface area contributed by atoms with Gasteiger partial charge in [-0.15, -0.1) is 35.3 Å². The summed E-state index contributed by atoms with van der Waals surface area (Å²) < 4.78 is 5.98. The molecule has 0 saturated carbocycles. The molecule has 26 heavy (non-hydrogen) atoms. The molecule has 2 aromatic rings. The number of nitrogens with zero attached hydrogens (tertiary/aromatic N) is 1. The fourth-order valence-corrected chi connectivity index (χ4v) is 3.91. The molecule has 1 aliphatic rings. The number of hydrogen-bond acceptors (Lipinski definition) is 3. The molecule has 1 aliphatic heterocycles. The van der Waals surface area contributed by atoms with E-state index in [1.54, 1.807) is 11.3 Å². The van der Waals surface area contributed by atoms with Gasteiger partial charge < -0.3 is 15.4 Å². The van der Waals surface area contributed by atoms with E-state index < -0.39 is 0 Å². The maximum Gasteiger partial charge on any atom is 0.191 e. The average molecular weight is 485 g/mol. The zero-order valence-electron chi connectivity index (χ0n) is 15.4. The van der Waals surface area contributed by atoms with Gasteiger partial charge in [-0.05, 0) is 37.3 Å². The Morgan fingerprint density at radius 1 is 1.27 bits per heavy atom. The molecule has 0 radical (unpaired) electrons. The van der Waals surface area contributed by atoms with Gasteiger partial charge in [0.25, 0.3) is 0 Å². The van der Waals surface area contributed by atoms with E-state index in [-0.39, 0.29) is 36.1 Å². The lowest BCUT2D eigenvalue weighted by Crippen LogP contribution is -2.39. The molecule has 0 amide bonds. The first-order valence-corrected chi connectivity index (χ1v) is 9.90. The third kappa shape index (κ3) is 5.69. The third-order valence-electron chi connectivity index (χ3n) is 4.49. The van der Waals surface area contributed by atoms with E-state index in [1.807, 2.05) is 6.07 Å². The second kappa shape index (κ2) is 10.9. The summed E-state index contributed by atoms with van der Waals surface area (Å²) in [5.41, 5.74) is 1.25. The Morgan fingerprint density at radius 3 is 2.77 bits per heavy atom. The van der Waals surface area contributed by atoms with E-state index in [9.17, 15) is 0 Å². The molecule has 1 fully saturated rings. The Kier molecular flexibility index (Phi) is 8.87. The highest BCUT2D eigenvalue weighted by Crippen LogP contribution is 2.34. The van der Waals surface area contributed by atoms with E-state index >= 15 is 0 Å². The largest absolute Gasteiger partial charge is 0.373 e. The highest BCUT2D eigenvalue weighted by atomic mass is 127. The lowest BCUT2D eigenvalue weighted by molar-refractivity contribution is 0.0925. The quantitative estimate of drug-likeness (QED) is 0.353. The summed E-state index contributed by atoms with van der Waals surface area (Å²) in [5, 5.41) is 8.97. The van der Waals surface area contributed by atoms with E-state index in [0.717, 1.165) is 32.1 Å². The smallest absolute Gasteiger partial charge is 0.191 e. The van der Waals surface area contributed by atoms with Crippen LogP contribution in [0.1, 0.15) is 42.9 Å². The lowest BCUT2D eigenvalue weighted by atomic mass is 9.95. The van der Waals surface area contributed by atoms with Gasteiger partial charge in [-0.25, -0.2) is 0 Å².